The number of rotatable bonds is 6. The molecule has 0 saturated carbocycles. The van der Waals surface area contributed by atoms with Gasteiger partial charge in [-0.2, -0.15) is 5.48 Å². The van der Waals surface area contributed by atoms with Gasteiger partial charge in [0.05, 0.1) is 24.9 Å². The second-order valence-electron chi connectivity index (χ2n) is 5.38. The van der Waals surface area contributed by atoms with Crippen molar-refractivity contribution in [2.24, 2.45) is 0 Å². The highest BCUT2D eigenvalue weighted by atomic mass is 35.5. The zero-order chi connectivity index (χ0) is 19.4. The van der Waals surface area contributed by atoms with Crippen LogP contribution >= 0.6 is 11.6 Å². The molecular formula is C17H16ClN5O4. The molecule has 0 fully saturated rings. The van der Waals surface area contributed by atoms with E-state index >= 15 is 0 Å². The molecule has 0 spiro atoms. The van der Waals surface area contributed by atoms with Crippen LogP contribution in [0.5, 0.6) is 17.2 Å². The summed E-state index contributed by atoms with van der Waals surface area (Å²) in [7, 11) is 3.05. The fraction of sp³-hybridized carbons (Fsp3) is 0.176. The molecule has 140 valence electrons. The maximum atomic E-state index is 11.3. The summed E-state index contributed by atoms with van der Waals surface area (Å²) in [6.07, 6.45) is 1.47. The van der Waals surface area contributed by atoms with Crippen LogP contribution in [0, 0.1) is 0 Å². The Labute approximate surface area is 159 Å². The van der Waals surface area contributed by atoms with Crippen LogP contribution in [0.25, 0.3) is 16.8 Å². The second kappa shape index (κ2) is 7.92. The predicted octanol–water partition coefficient (Wildman–Crippen LogP) is 2.43. The van der Waals surface area contributed by atoms with Crippen LogP contribution in [0.4, 0.5) is 0 Å². The SMILES string of the molecule is COc1cc(-c2cc(-n3cnnn3)ccc2ONC(C)=O)c(OC)cc1Cl. The van der Waals surface area contributed by atoms with Gasteiger partial charge in [-0.25, -0.2) is 4.68 Å². The maximum absolute atomic E-state index is 11.3. The molecule has 0 radical (unpaired) electrons. The Morgan fingerprint density at radius 2 is 1.81 bits per heavy atom. The first-order chi connectivity index (χ1) is 13.0. The summed E-state index contributed by atoms with van der Waals surface area (Å²) >= 11 is 6.20. The molecule has 2 aromatic carbocycles. The zero-order valence-corrected chi connectivity index (χ0v) is 15.5. The number of aromatic nitrogens is 4. The number of benzene rings is 2. The molecule has 0 aliphatic rings. The standard InChI is InChI=1S/C17H16ClN5O4/c1-10(24)20-27-15-5-4-11(23-9-19-21-22-23)6-12(15)13-7-17(26-3)14(18)8-16(13)25-2/h4-9H,1-3H3,(H,20,24). The van der Waals surface area contributed by atoms with E-state index in [4.69, 9.17) is 25.9 Å². The normalized spacial score (nSPS) is 10.4. The lowest BCUT2D eigenvalue weighted by Crippen LogP contribution is -2.24. The molecular weight excluding hydrogens is 374 g/mol. The Hall–Kier alpha value is -3.33. The summed E-state index contributed by atoms with van der Waals surface area (Å²) in [5.74, 6) is 1.02. The molecule has 0 saturated heterocycles. The molecule has 1 amide bonds. The van der Waals surface area contributed by atoms with Gasteiger partial charge in [0.25, 0.3) is 0 Å². The van der Waals surface area contributed by atoms with Crippen molar-refractivity contribution < 1.29 is 19.1 Å². The molecule has 0 aliphatic heterocycles. The molecule has 1 heterocycles. The molecule has 1 N–H and O–H groups in total. The van der Waals surface area contributed by atoms with E-state index < -0.39 is 0 Å². The molecule has 0 bridgehead atoms. The number of hydrogen-bond donors (Lipinski definition) is 1. The first-order valence-electron chi connectivity index (χ1n) is 7.76. The van der Waals surface area contributed by atoms with Crippen molar-refractivity contribution >= 4 is 17.5 Å². The number of carbonyl (C=O) groups excluding carboxylic acids is 1. The van der Waals surface area contributed by atoms with Crippen molar-refractivity contribution in [2.45, 2.75) is 6.92 Å². The molecule has 1 aromatic heterocycles. The summed E-state index contributed by atoms with van der Waals surface area (Å²) in [4.78, 5) is 16.7. The van der Waals surface area contributed by atoms with Gasteiger partial charge in [-0.1, -0.05) is 11.6 Å². The number of halogens is 1. The van der Waals surface area contributed by atoms with Crippen LogP contribution in [0.3, 0.4) is 0 Å². The number of methoxy groups -OCH3 is 2. The largest absolute Gasteiger partial charge is 0.496 e. The number of tetrazole rings is 1. The van der Waals surface area contributed by atoms with E-state index in [1.54, 1.807) is 30.3 Å². The quantitative estimate of drug-likeness (QED) is 0.646. The van der Waals surface area contributed by atoms with Crippen molar-refractivity contribution in [1.29, 1.82) is 0 Å². The van der Waals surface area contributed by atoms with Crippen LogP contribution < -0.4 is 19.8 Å². The van der Waals surface area contributed by atoms with Gasteiger partial charge in [-0.15, -0.1) is 5.10 Å². The minimum absolute atomic E-state index is 0.342. The Kier molecular flexibility index (Phi) is 5.41. The highest BCUT2D eigenvalue weighted by Gasteiger charge is 2.18. The van der Waals surface area contributed by atoms with E-state index in [1.807, 2.05) is 0 Å². The van der Waals surface area contributed by atoms with Crippen LogP contribution in [-0.2, 0) is 4.79 Å². The highest BCUT2D eigenvalue weighted by Crippen LogP contribution is 2.42. The first-order valence-corrected chi connectivity index (χ1v) is 8.14. The van der Waals surface area contributed by atoms with E-state index in [2.05, 4.69) is 21.0 Å². The number of hydroxylamine groups is 1. The van der Waals surface area contributed by atoms with E-state index in [-0.39, 0.29) is 5.91 Å². The minimum Gasteiger partial charge on any atom is -0.496 e. The molecule has 0 atom stereocenters. The molecule has 3 rings (SSSR count). The smallest absolute Gasteiger partial charge is 0.249 e. The fourth-order valence-electron chi connectivity index (χ4n) is 2.44. The maximum Gasteiger partial charge on any atom is 0.249 e. The summed E-state index contributed by atoms with van der Waals surface area (Å²) < 4.78 is 12.3. The molecule has 0 unspecified atom stereocenters. The van der Waals surface area contributed by atoms with Gasteiger partial charge in [0, 0.05) is 24.1 Å². The van der Waals surface area contributed by atoms with Gasteiger partial charge in [-0.3, -0.25) is 4.79 Å². The second-order valence-corrected chi connectivity index (χ2v) is 5.79. The lowest BCUT2D eigenvalue weighted by Gasteiger charge is -2.16. The van der Waals surface area contributed by atoms with E-state index in [1.165, 1.54) is 32.2 Å². The third-order valence-electron chi connectivity index (χ3n) is 3.65. The third kappa shape index (κ3) is 3.93. The summed E-state index contributed by atoms with van der Waals surface area (Å²) in [5, 5.41) is 11.6. The number of ether oxygens (including phenoxy) is 2. The topological polar surface area (TPSA) is 100 Å². The lowest BCUT2D eigenvalue weighted by atomic mass is 10.0. The van der Waals surface area contributed by atoms with Crippen LogP contribution in [0.1, 0.15) is 6.92 Å². The molecule has 9 nitrogen and oxygen atoms in total. The van der Waals surface area contributed by atoms with Gasteiger partial charge in [0.15, 0.2) is 5.75 Å². The van der Waals surface area contributed by atoms with Crippen LogP contribution in [0.15, 0.2) is 36.7 Å². The molecule has 27 heavy (non-hydrogen) atoms. The van der Waals surface area contributed by atoms with Crippen molar-refractivity contribution in [3.8, 4) is 34.1 Å². The third-order valence-corrected chi connectivity index (χ3v) is 3.94. The van der Waals surface area contributed by atoms with Gasteiger partial charge in [0.2, 0.25) is 5.91 Å². The number of nitrogens with zero attached hydrogens (tertiary/aromatic N) is 4. The van der Waals surface area contributed by atoms with Crippen LogP contribution in [0.2, 0.25) is 5.02 Å². The van der Waals surface area contributed by atoms with E-state index in [9.17, 15) is 4.79 Å². The number of hydrogen-bond acceptors (Lipinski definition) is 7. The van der Waals surface area contributed by atoms with Gasteiger partial charge in [-0.05, 0) is 34.7 Å². The van der Waals surface area contributed by atoms with Crippen molar-refractivity contribution in [3.63, 3.8) is 0 Å². The minimum atomic E-state index is -0.342. The van der Waals surface area contributed by atoms with Gasteiger partial charge < -0.3 is 14.3 Å². The summed E-state index contributed by atoms with van der Waals surface area (Å²) in [5.41, 5.74) is 4.26. The zero-order valence-electron chi connectivity index (χ0n) is 14.8. The Balaban J connectivity index is 2.19. The average molecular weight is 390 g/mol. The van der Waals surface area contributed by atoms with Gasteiger partial charge >= 0.3 is 0 Å². The van der Waals surface area contributed by atoms with E-state index in [0.29, 0.717) is 39.1 Å². The Morgan fingerprint density at radius 1 is 1.07 bits per heavy atom. The summed E-state index contributed by atoms with van der Waals surface area (Å²) in [6, 6.07) is 8.58. The number of carbonyl (C=O) groups is 1. The Morgan fingerprint density at radius 3 is 2.44 bits per heavy atom. The lowest BCUT2D eigenvalue weighted by molar-refractivity contribution is -0.125. The number of amides is 1. The molecule has 3 aromatic rings. The van der Waals surface area contributed by atoms with Crippen molar-refractivity contribution in [3.05, 3.63) is 41.7 Å². The van der Waals surface area contributed by atoms with Gasteiger partial charge in [0.1, 0.15) is 17.8 Å². The number of nitrogens with one attached hydrogen (secondary N) is 1. The highest BCUT2D eigenvalue weighted by molar-refractivity contribution is 6.32. The Bertz CT molecular complexity index is 962. The van der Waals surface area contributed by atoms with E-state index in [0.717, 1.165) is 0 Å². The van der Waals surface area contributed by atoms with Crippen molar-refractivity contribution in [1.82, 2.24) is 25.7 Å². The molecule has 0 aliphatic carbocycles. The van der Waals surface area contributed by atoms with Crippen LogP contribution in [-0.4, -0.2) is 40.3 Å². The average Bonchev–Trinajstić information content (AvgIpc) is 3.20. The predicted molar refractivity (Wildman–Crippen MR) is 97.1 cm³/mol. The molecule has 10 heteroatoms. The monoisotopic (exact) mass is 389 g/mol. The fourth-order valence-corrected chi connectivity index (χ4v) is 2.67. The first kappa shape index (κ1) is 18.5. The van der Waals surface area contributed by atoms with Crippen molar-refractivity contribution in [2.75, 3.05) is 14.2 Å². The summed E-state index contributed by atoms with van der Waals surface area (Å²) in [6.45, 7) is 1.35.